The van der Waals surface area contributed by atoms with E-state index in [0.717, 1.165) is 31.0 Å². The van der Waals surface area contributed by atoms with Crippen molar-refractivity contribution in [2.75, 3.05) is 30.4 Å². The summed E-state index contributed by atoms with van der Waals surface area (Å²) in [5.41, 5.74) is 1.44. The lowest BCUT2D eigenvalue weighted by Crippen LogP contribution is -2.32. The first-order valence-electron chi connectivity index (χ1n) is 5.39. The lowest BCUT2D eigenvalue weighted by Gasteiger charge is -2.27. The summed E-state index contributed by atoms with van der Waals surface area (Å²) in [6, 6.07) is 4.11. The van der Waals surface area contributed by atoms with E-state index in [9.17, 15) is 4.79 Å². The summed E-state index contributed by atoms with van der Waals surface area (Å²) in [7, 11) is 1.37. The zero-order chi connectivity index (χ0) is 11.1. The highest BCUT2D eigenvalue weighted by Gasteiger charge is 2.31. The fraction of sp³-hybridized carbons (Fsp3) is 0.455. The highest BCUT2D eigenvalue weighted by molar-refractivity contribution is 5.89. The molecule has 0 radical (unpaired) electrons. The second-order valence-electron chi connectivity index (χ2n) is 4.13. The largest absolute Gasteiger partial charge is 0.464 e. The van der Waals surface area contributed by atoms with Gasteiger partial charge < -0.3 is 15.0 Å². The van der Waals surface area contributed by atoms with Gasteiger partial charge in [-0.1, -0.05) is 0 Å². The van der Waals surface area contributed by atoms with Crippen molar-refractivity contribution in [2.24, 2.45) is 0 Å². The van der Waals surface area contributed by atoms with Gasteiger partial charge in [-0.05, 0) is 18.6 Å². The van der Waals surface area contributed by atoms with E-state index >= 15 is 0 Å². The van der Waals surface area contributed by atoms with Crippen LogP contribution < -0.4 is 10.2 Å². The van der Waals surface area contributed by atoms with Gasteiger partial charge in [-0.15, -0.1) is 0 Å². The average Bonchev–Trinajstić information content (AvgIpc) is 2.70. The number of esters is 1. The second-order valence-corrected chi connectivity index (χ2v) is 4.13. The fourth-order valence-corrected chi connectivity index (χ4v) is 2.32. The smallest absolute Gasteiger partial charge is 0.356 e. The SMILES string of the molecule is COC(=O)c1ccc2c(n1)N[C@H]1CCN2C1. The zero-order valence-corrected chi connectivity index (χ0v) is 9.06. The van der Waals surface area contributed by atoms with Gasteiger partial charge in [-0.2, -0.15) is 0 Å². The van der Waals surface area contributed by atoms with E-state index in [1.54, 1.807) is 6.07 Å². The standard InChI is InChI=1S/C11H13N3O2/c1-16-11(15)8-2-3-9-10(13-8)12-7-4-5-14(9)6-7/h2-3,7H,4-6H2,1H3,(H,12,13)/t7-/m0/s1. The molecule has 0 unspecified atom stereocenters. The maximum Gasteiger partial charge on any atom is 0.356 e. The predicted molar refractivity (Wildman–Crippen MR) is 59.8 cm³/mol. The van der Waals surface area contributed by atoms with Gasteiger partial charge in [0.25, 0.3) is 0 Å². The number of fused-ring (bicyclic) bond motifs is 4. The molecule has 0 saturated carbocycles. The molecule has 16 heavy (non-hydrogen) atoms. The monoisotopic (exact) mass is 219 g/mol. The molecule has 1 atom stereocenters. The molecule has 0 spiro atoms. The summed E-state index contributed by atoms with van der Waals surface area (Å²) in [5, 5.41) is 3.35. The zero-order valence-electron chi connectivity index (χ0n) is 9.06. The van der Waals surface area contributed by atoms with E-state index in [2.05, 4.69) is 19.9 Å². The summed E-state index contributed by atoms with van der Waals surface area (Å²) in [5.74, 6) is 0.411. The summed E-state index contributed by atoms with van der Waals surface area (Å²) >= 11 is 0. The molecule has 0 aromatic carbocycles. The Labute approximate surface area is 93.4 Å². The van der Waals surface area contributed by atoms with Crippen molar-refractivity contribution in [3.8, 4) is 0 Å². The number of carbonyl (C=O) groups excluding carboxylic acids is 1. The number of anilines is 2. The molecule has 5 heteroatoms. The molecule has 1 saturated heterocycles. The molecular formula is C11H13N3O2. The van der Waals surface area contributed by atoms with E-state index in [1.165, 1.54) is 7.11 Å². The van der Waals surface area contributed by atoms with Crippen molar-refractivity contribution in [1.29, 1.82) is 0 Å². The van der Waals surface area contributed by atoms with E-state index in [-0.39, 0.29) is 0 Å². The molecule has 1 aromatic heterocycles. The van der Waals surface area contributed by atoms with Crippen molar-refractivity contribution >= 4 is 17.5 Å². The van der Waals surface area contributed by atoms with E-state index in [0.29, 0.717) is 11.7 Å². The summed E-state index contributed by atoms with van der Waals surface area (Å²) in [6.07, 6.45) is 1.13. The van der Waals surface area contributed by atoms with E-state index in [4.69, 9.17) is 0 Å². The molecule has 1 aromatic rings. The number of nitrogens with one attached hydrogen (secondary N) is 1. The maximum atomic E-state index is 11.4. The minimum Gasteiger partial charge on any atom is -0.464 e. The number of pyridine rings is 1. The van der Waals surface area contributed by atoms with Gasteiger partial charge in [0.1, 0.15) is 0 Å². The van der Waals surface area contributed by atoms with Crippen molar-refractivity contribution < 1.29 is 9.53 Å². The number of hydrogen-bond donors (Lipinski definition) is 1. The Morgan fingerprint density at radius 1 is 1.62 bits per heavy atom. The molecule has 2 aliphatic heterocycles. The molecule has 2 aliphatic rings. The molecule has 2 bridgehead atoms. The van der Waals surface area contributed by atoms with E-state index in [1.807, 2.05) is 6.07 Å². The Morgan fingerprint density at radius 2 is 2.50 bits per heavy atom. The van der Waals surface area contributed by atoms with Crippen LogP contribution >= 0.6 is 0 Å². The van der Waals surface area contributed by atoms with Gasteiger partial charge in [0, 0.05) is 19.1 Å². The first kappa shape index (κ1) is 9.45. The Kier molecular flexibility index (Phi) is 1.99. The third kappa shape index (κ3) is 1.31. The lowest BCUT2D eigenvalue weighted by atomic mass is 10.2. The normalized spacial score (nSPS) is 21.3. The van der Waals surface area contributed by atoms with Crippen molar-refractivity contribution in [3.63, 3.8) is 0 Å². The number of nitrogens with zero attached hydrogens (tertiary/aromatic N) is 2. The number of ether oxygens (including phenoxy) is 1. The maximum absolute atomic E-state index is 11.4. The van der Waals surface area contributed by atoms with Crippen molar-refractivity contribution in [1.82, 2.24) is 4.98 Å². The highest BCUT2D eigenvalue weighted by atomic mass is 16.5. The molecular weight excluding hydrogens is 206 g/mol. The summed E-state index contributed by atoms with van der Waals surface area (Å²) < 4.78 is 4.65. The van der Waals surface area contributed by atoms with Crippen LogP contribution in [0, 0.1) is 0 Å². The van der Waals surface area contributed by atoms with Gasteiger partial charge in [0.05, 0.1) is 12.8 Å². The average molecular weight is 219 g/mol. The quantitative estimate of drug-likeness (QED) is 0.710. The number of rotatable bonds is 1. The molecule has 0 amide bonds. The molecule has 1 fully saturated rings. The number of methoxy groups -OCH3 is 1. The van der Waals surface area contributed by atoms with Crippen LogP contribution in [0.25, 0.3) is 0 Å². The molecule has 84 valence electrons. The third-order valence-corrected chi connectivity index (χ3v) is 3.14. The highest BCUT2D eigenvalue weighted by Crippen LogP contribution is 2.33. The van der Waals surface area contributed by atoms with E-state index < -0.39 is 5.97 Å². The Hall–Kier alpha value is -1.78. The van der Waals surface area contributed by atoms with Gasteiger partial charge >= 0.3 is 5.97 Å². The van der Waals surface area contributed by atoms with Gasteiger partial charge in [0.2, 0.25) is 0 Å². The number of hydrogen-bond acceptors (Lipinski definition) is 5. The van der Waals surface area contributed by atoms with Crippen LogP contribution in [0.2, 0.25) is 0 Å². The minimum atomic E-state index is -0.391. The first-order chi connectivity index (χ1) is 7.78. The summed E-state index contributed by atoms with van der Waals surface area (Å²) in [4.78, 5) is 17.9. The van der Waals surface area contributed by atoms with Gasteiger partial charge in [-0.25, -0.2) is 9.78 Å². The van der Waals surface area contributed by atoms with Crippen molar-refractivity contribution in [2.45, 2.75) is 12.5 Å². The van der Waals surface area contributed by atoms with Crippen LogP contribution in [0.5, 0.6) is 0 Å². The number of carbonyl (C=O) groups is 1. The van der Waals surface area contributed by atoms with Crippen LogP contribution in [-0.4, -0.2) is 37.2 Å². The molecule has 1 N–H and O–H groups in total. The van der Waals surface area contributed by atoms with Crippen LogP contribution in [-0.2, 0) is 4.74 Å². The fourth-order valence-electron chi connectivity index (χ4n) is 2.32. The minimum absolute atomic E-state index is 0.358. The van der Waals surface area contributed by atoms with Gasteiger partial charge in [0.15, 0.2) is 11.5 Å². The van der Waals surface area contributed by atoms with Crippen LogP contribution in [0.1, 0.15) is 16.9 Å². The lowest BCUT2D eigenvalue weighted by molar-refractivity contribution is 0.0594. The Bertz CT molecular complexity index is 447. The van der Waals surface area contributed by atoms with Crippen LogP contribution in [0.4, 0.5) is 11.5 Å². The van der Waals surface area contributed by atoms with Crippen molar-refractivity contribution in [3.05, 3.63) is 17.8 Å². The van der Waals surface area contributed by atoms with Gasteiger partial charge in [-0.3, -0.25) is 0 Å². The first-order valence-corrected chi connectivity index (χ1v) is 5.39. The number of aromatic nitrogens is 1. The second kappa shape index (κ2) is 3.37. The molecule has 0 aliphatic carbocycles. The van der Waals surface area contributed by atoms with Crippen LogP contribution in [0.15, 0.2) is 12.1 Å². The summed E-state index contributed by atoms with van der Waals surface area (Å²) in [6.45, 7) is 2.09. The Morgan fingerprint density at radius 3 is 3.31 bits per heavy atom. The third-order valence-electron chi connectivity index (χ3n) is 3.14. The molecule has 3 heterocycles. The topological polar surface area (TPSA) is 54.5 Å². The van der Waals surface area contributed by atoms with Crippen LogP contribution in [0.3, 0.4) is 0 Å². The Balaban J connectivity index is 2.00. The predicted octanol–water partition coefficient (Wildman–Crippen LogP) is 0.872. The molecule has 5 nitrogen and oxygen atoms in total. The molecule has 3 rings (SSSR count).